The van der Waals surface area contributed by atoms with Gasteiger partial charge in [-0.3, -0.25) is 4.90 Å². The molecule has 0 radical (unpaired) electrons. The number of nitrogens with zero attached hydrogens (tertiary/aromatic N) is 1. The first-order valence-electron chi connectivity index (χ1n) is 6.36. The SMILES string of the molecule is Cc1cc(Br)cc2c1CN(Cc1ccc(Cl)cc1)C2. The highest BCUT2D eigenvalue weighted by Gasteiger charge is 2.20. The predicted octanol–water partition coefficient (Wildman–Crippen LogP) is 4.93. The maximum Gasteiger partial charge on any atom is 0.0406 e. The van der Waals surface area contributed by atoms with E-state index in [0.717, 1.165) is 24.7 Å². The first-order chi connectivity index (χ1) is 9.11. The van der Waals surface area contributed by atoms with E-state index in [2.05, 4.69) is 52.0 Å². The van der Waals surface area contributed by atoms with Crippen molar-refractivity contribution in [2.45, 2.75) is 26.6 Å². The highest BCUT2D eigenvalue weighted by molar-refractivity contribution is 9.10. The van der Waals surface area contributed by atoms with Gasteiger partial charge in [-0.05, 0) is 53.4 Å². The second-order valence-electron chi connectivity index (χ2n) is 5.13. The molecule has 19 heavy (non-hydrogen) atoms. The molecule has 1 aliphatic heterocycles. The quantitative estimate of drug-likeness (QED) is 0.752. The number of rotatable bonds is 2. The lowest BCUT2D eigenvalue weighted by molar-refractivity contribution is 0.275. The third-order valence-electron chi connectivity index (χ3n) is 3.63. The van der Waals surface area contributed by atoms with E-state index in [1.807, 2.05) is 12.1 Å². The minimum absolute atomic E-state index is 0.799. The minimum atomic E-state index is 0.799. The minimum Gasteiger partial charge on any atom is -0.291 e. The average molecular weight is 337 g/mol. The van der Waals surface area contributed by atoms with Crippen LogP contribution in [0.25, 0.3) is 0 Å². The third-order valence-corrected chi connectivity index (χ3v) is 4.34. The van der Waals surface area contributed by atoms with E-state index in [-0.39, 0.29) is 0 Å². The maximum atomic E-state index is 5.92. The van der Waals surface area contributed by atoms with Gasteiger partial charge in [0.05, 0.1) is 0 Å². The van der Waals surface area contributed by atoms with Crippen LogP contribution in [0.2, 0.25) is 5.02 Å². The smallest absolute Gasteiger partial charge is 0.0406 e. The molecular weight excluding hydrogens is 322 g/mol. The molecule has 2 aromatic carbocycles. The number of aryl methyl sites for hydroxylation is 1. The van der Waals surface area contributed by atoms with Gasteiger partial charge in [0.1, 0.15) is 0 Å². The van der Waals surface area contributed by atoms with Crippen LogP contribution in [-0.4, -0.2) is 4.90 Å². The van der Waals surface area contributed by atoms with E-state index < -0.39 is 0 Å². The summed E-state index contributed by atoms with van der Waals surface area (Å²) >= 11 is 9.50. The second kappa shape index (κ2) is 5.28. The van der Waals surface area contributed by atoms with Crippen LogP contribution in [0.15, 0.2) is 40.9 Å². The van der Waals surface area contributed by atoms with Gasteiger partial charge in [0, 0.05) is 29.1 Å². The summed E-state index contributed by atoms with van der Waals surface area (Å²) in [6.45, 7) is 5.23. The molecule has 3 rings (SSSR count). The average Bonchev–Trinajstić information content (AvgIpc) is 2.75. The monoisotopic (exact) mass is 335 g/mol. The molecule has 0 spiro atoms. The zero-order valence-electron chi connectivity index (χ0n) is 10.8. The zero-order valence-corrected chi connectivity index (χ0v) is 13.1. The molecule has 0 unspecified atom stereocenters. The van der Waals surface area contributed by atoms with Gasteiger partial charge < -0.3 is 0 Å². The lowest BCUT2D eigenvalue weighted by Crippen LogP contribution is -2.15. The second-order valence-corrected chi connectivity index (χ2v) is 6.48. The molecule has 2 aromatic rings. The summed E-state index contributed by atoms with van der Waals surface area (Å²) in [5.41, 5.74) is 5.62. The van der Waals surface area contributed by atoms with Crippen LogP contribution < -0.4 is 0 Å². The molecule has 0 fully saturated rings. The molecule has 0 amide bonds. The van der Waals surface area contributed by atoms with Gasteiger partial charge in [-0.15, -0.1) is 0 Å². The van der Waals surface area contributed by atoms with E-state index >= 15 is 0 Å². The fraction of sp³-hybridized carbons (Fsp3) is 0.250. The van der Waals surface area contributed by atoms with Crippen molar-refractivity contribution in [1.82, 2.24) is 4.90 Å². The molecule has 0 aromatic heterocycles. The van der Waals surface area contributed by atoms with Crippen LogP contribution in [0, 0.1) is 6.92 Å². The summed E-state index contributed by atoms with van der Waals surface area (Å²) < 4.78 is 1.18. The fourth-order valence-corrected chi connectivity index (χ4v) is 3.44. The Morgan fingerprint density at radius 1 is 1.16 bits per heavy atom. The molecule has 0 bridgehead atoms. The molecule has 0 N–H and O–H groups in total. The van der Waals surface area contributed by atoms with Crippen molar-refractivity contribution in [1.29, 1.82) is 0 Å². The molecule has 1 nitrogen and oxygen atoms in total. The Morgan fingerprint density at radius 2 is 1.89 bits per heavy atom. The van der Waals surface area contributed by atoms with E-state index in [1.54, 1.807) is 0 Å². The number of benzene rings is 2. The van der Waals surface area contributed by atoms with Gasteiger partial charge in [-0.1, -0.05) is 39.7 Å². The summed E-state index contributed by atoms with van der Waals surface area (Å²) in [6.07, 6.45) is 0. The van der Waals surface area contributed by atoms with Crippen molar-refractivity contribution in [3.05, 3.63) is 68.1 Å². The topological polar surface area (TPSA) is 3.24 Å². The Balaban J connectivity index is 1.77. The van der Waals surface area contributed by atoms with Gasteiger partial charge in [0.2, 0.25) is 0 Å². The standard InChI is InChI=1S/C16H15BrClN/c1-11-6-14(17)7-13-9-19(10-16(11)13)8-12-2-4-15(18)5-3-12/h2-7H,8-10H2,1H3. The fourth-order valence-electron chi connectivity index (χ4n) is 2.69. The molecule has 0 atom stereocenters. The molecule has 3 heteroatoms. The van der Waals surface area contributed by atoms with Crippen molar-refractivity contribution < 1.29 is 0 Å². The van der Waals surface area contributed by atoms with E-state index in [4.69, 9.17) is 11.6 Å². The molecule has 98 valence electrons. The zero-order chi connectivity index (χ0) is 13.4. The van der Waals surface area contributed by atoms with E-state index in [0.29, 0.717) is 0 Å². The number of fused-ring (bicyclic) bond motifs is 1. The summed E-state index contributed by atoms with van der Waals surface area (Å²) in [5, 5.41) is 0.799. The normalized spacial score (nSPS) is 14.7. The number of halogens is 2. The molecule has 0 saturated heterocycles. The highest BCUT2D eigenvalue weighted by Crippen LogP contribution is 2.30. The first kappa shape index (κ1) is 13.2. The molecule has 0 aliphatic carbocycles. The van der Waals surface area contributed by atoms with Gasteiger partial charge in [-0.25, -0.2) is 0 Å². The molecule has 1 heterocycles. The Morgan fingerprint density at radius 3 is 2.63 bits per heavy atom. The molecule has 0 saturated carbocycles. The third kappa shape index (κ3) is 2.86. The van der Waals surface area contributed by atoms with Crippen molar-refractivity contribution in [3.8, 4) is 0 Å². The number of hydrogen-bond acceptors (Lipinski definition) is 1. The largest absolute Gasteiger partial charge is 0.291 e. The first-order valence-corrected chi connectivity index (χ1v) is 7.53. The summed E-state index contributed by atoms with van der Waals surface area (Å²) in [7, 11) is 0. The van der Waals surface area contributed by atoms with E-state index in [1.165, 1.54) is 26.7 Å². The van der Waals surface area contributed by atoms with Crippen LogP contribution in [0.4, 0.5) is 0 Å². The molecular formula is C16H15BrClN. The Hall–Kier alpha value is -0.830. The lowest BCUT2D eigenvalue weighted by Gasteiger charge is -2.14. The molecule has 1 aliphatic rings. The van der Waals surface area contributed by atoms with Crippen LogP contribution in [-0.2, 0) is 19.6 Å². The van der Waals surface area contributed by atoms with E-state index in [9.17, 15) is 0 Å². The van der Waals surface area contributed by atoms with Crippen LogP contribution in [0.1, 0.15) is 22.3 Å². The highest BCUT2D eigenvalue weighted by atomic mass is 79.9. The maximum absolute atomic E-state index is 5.92. The van der Waals surface area contributed by atoms with Crippen LogP contribution in [0.5, 0.6) is 0 Å². The summed E-state index contributed by atoms with van der Waals surface area (Å²) in [4.78, 5) is 2.47. The van der Waals surface area contributed by atoms with Gasteiger partial charge in [-0.2, -0.15) is 0 Å². The number of hydrogen-bond donors (Lipinski definition) is 0. The Kier molecular flexibility index (Phi) is 3.66. The van der Waals surface area contributed by atoms with Crippen LogP contribution >= 0.6 is 27.5 Å². The summed E-state index contributed by atoms with van der Waals surface area (Å²) in [6, 6.07) is 12.6. The van der Waals surface area contributed by atoms with Crippen molar-refractivity contribution >= 4 is 27.5 Å². The Labute approximate surface area is 127 Å². The Bertz CT molecular complexity index is 607. The van der Waals surface area contributed by atoms with Crippen molar-refractivity contribution in [3.63, 3.8) is 0 Å². The van der Waals surface area contributed by atoms with Gasteiger partial charge >= 0.3 is 0 Å². The summed E-state index contributed by atoms with van der Waals surface area (Å²) in [5.74, 6) is 0. The van der Waals surface area contributed by atoms with Crippen molar-refractivity contribution in [2.75, 3.05) is 0 Å². The van der Waals surface area contributed by atoms with Crippen LogP contribution in [0.3, 0.4) is 0 Å². The predicted molar refractivity (Wildman–Crippen MR) is 83.3 cm³/mol. The van der Waals surface area contributed by atoms with Gasteiger partial charge in [0.15, 0.2) is 0 Å². The lowest BCUT2D eigenvalue weighted by atomic mass is 10.1. The van der Waals surface area contributed by atoms with Gasteiger partial charge in [0.25, 0.3) is 0 Å². The van der Waals surface area contributed by atoms with Crippen molar-refractivity contribution in [2.24, 2.45) is 0 Å².